The fourth-order valence-electron chi connectivity index (χ4n) is 0.958. The zero-order valence-electron chi connectivity index (χ0n) is 5.20. The van der Waals surface area contributed by atoms with Crippen LogP contribution in [0.4, 0.5) is 0 Å². The molecule has 0 aliphatic carbocycles. The van der Waals surface area contributed by atoms with Gasteiger partial charge < -0.3 is 0 Å². The third kappa shape index (κ3) is 0.988. The van der Waals surface area contributed by atoms with Crippen LogP contribution < -0.4 is 3.78 Å². The molecule has 0 nitrogen and oxygen atoms in total. The number of hydrogen-bond donors (Lipinski definition) is 0. The van der Waals surface area contributed by atoms with Crippen LogP contribution in [0.5, 0.6) is 0 Å². The van der Waals surface area contributed by atoms with Crippen LogP contribution >= 0.6 is 11.3 Å². The van der Waals surface area contributed by atoms with Crippen LogP contribution in [0.25, 0.3) is 10.1 Å². The predicted octanol–water partition coefficient (Wildman–Crippen LogP) is 1.70. The number of fused-ring (bicyclic) bond motifs is 1. The molecular formula is C8H5SSe. The van der Waals surface area contributed by atoms with Crippen LogP contribution in [-0.2, 0) is 0 Å². The zero-order valence-corrected chi connectivity index (χ0v) is 7.73. The average Bonchev–Trinajstić information content (AvgIpc) is 2.27. The van der Waals surface area contributed by atoms with Crippen molar-refractivity contribution in [2.45, 2.75) is 0 Å². The van der Waals surface area contributed by atoms with Crippen LogP contribution in [0.3, 0.4) is 0 Å². The molecule has 0 aliphatic heterocycles. The summed E-state index contributed by atoms with van der Waals surface area (Å²) in [6.45, 7) is 0. The minimum absolute atomic E-state index is 1.27. The van der Waals surface area contributed by atoms with Gasteiger partial charge in [0.15, 0.2) is 0 Å². The Morgan fingerprint density at radius 1 is 1.20 bits per heavy atom. The first kappa shape index (κ1) is 6.41. The van der Waals surface area contributed by atoms with Crippen LogP contribution in [0.2, 0.25) is 0 Å². The van der Waals surface area contributed by atoms with E-state index in [0.29, 0.717) is 0 Å². The molecule has 0 saturated carbocycles. The molecule has 1 radical (unpaired) electrons. The molecule has 0 unspecified atom stereocenters. The summed E-state index contributed by atoms with van der Waals surface area (Å²) in [4.78, 5) is 0. The molecule has 0 spiro atoms. The molecule has 0 fully saturated rings. The van der Waals surface area contributed by atoms with E-state index in [2.05, 4.69) is 46.3 Å². The minimum atomic E-state index is 1.27. The number of hydrogen-bond acceptors (Lipinski definition) is 1. The molecule has 2 heteroatoms. The van der Waals surface area contributed by atoms with E-state index in [4.69, 9.17) is 0 Å². The standard InChI is InChI=1S/C8H5SSe/c10-8-5-6-3-1-2-4-7(6)9-8/h1-5H. The Labute approximate surface area is 71.7 Å². The van der Waals surface area contributed by atoms with Crippen molar-refractivity contribution in [3.8, 4) is 0 Å². The maximum absolute atomic E-state index is 3.01. The van der Waals surface area contributed by atoms with Crippen molar-refractivity contribution < 1.29 is 0 Å². The van der Waals surface area contributed by atoms with Gasteiger partial charge in [0.2, 0.25) is 0 Å². The second-order valence-corrected chi connectivity index (χ2v) is 4.69. The van der Waals surface area contributed by atoms with E-state index in [-0.39, 0.29) is 0 Å². The monoisotopic (exact) mass is 213 g/mol. The molecule has 2 aromatic rings. The summed E-state index contributed by atoms with van der Waals surface area (Å²) in [6.07, 6.45) is 0. The van der Waals surface area contributed by atoms with Crippen molar-refractivity contribution in [2.75, 3.05) is 0 Å². The normalized spacial score (nSPS) is 10.4. The Morgan fingerprint density at radius 2 is 2.00 bits per heavy atom. The fraction of sp³-hybridized carbons (Fsp3) is 0. The molecule has 1 aromatic heterocycles. The van der Waals surface area contributed by atoms with Crippen molar-refractivity contribution in [1.82, 2.24) is 0 Å². The number of benzene rings is 1. The molecule has 2 rings (SSSR count). The van der Waals surface area contributed by atoms with E-state index in [1.54, 1.807) is 11.3 Å². The van der Waals surface area contributed by atoms with Gasteiger partial charge >= 0.3 is 71.5 Å². The molecule has 49 valence electrons. The van der Waals surface area contributed by atoms with Gasteiger partial charge in [-0.2, -0.15) is 0 Å². The predicted molar refractivity (Wildman–Crippen MR) is 47.2 cm³/mol. The molecule has 0 bridgehead atoms. The first-order valence-electron chi connectivity index (χ1n) is 3.02. The third-order valence-corrected chi connectivity index (χ3v) is 3.09. The van der Waals surface area contributed by atoms with Gasteiger partial charge in [0.05, 0.1) is 0 Å². The van der Waals surface area contributed by atoms with E-state index >= 15 is 0 Å². The first-order valence-corrected chi connectivity index (χ1v) is 4.69. The van der Waals surface area contributed by atoms with E-state index in [1.807, 2.05) is 0 Å². The third-order valence-electron chi connectivity index (χ3n) is 1.40. The second-order valence-electron chi connectivity index (χ2n) is 2.10. The van der Waals surface area contributed by atoms with Gasteiger partial charge in [-0.25, -0.2) is 0 Å². The van der Waals surface area contributed by atoms with Crippen molar-refractivity contribution in [3.05, 3.63) is 30.3 Å². The van der Waals surface area contributed by atoms with E-state index < -0.39 is 0 Å². The molecule has 1 aromatic carbocycles. The summed E-state index contributed by atoms with van der Waals surface area (Å²) in [5, 5.41) is 1.33. The second kappa shape index (κ2) is 2.39. The Morgan fingerprint density at radius 3 is 2.80 bits per heavy atom. The summed E-state index contributed by atoms with van der Waals surface area (Å²) >= 11 is 4.81. The average molecular weight is 212 g/mol. The van der Waals surface area contributed by atoms with E-state index in [1.165, 1.54) is 13.9 Å². The molecule has 1 heterocycles. The summed E-state index contributed by atoms with van der Waals surface area (Å²) in [7, 11) is 0. The van der Waals surface area contributed by atoms with Gasteiger partial charge in [-0.3, -0.25) is 0 Å². The Balaban J connectivity index is 2.88. The fourth-order valence-corrected chi connectivity index (χ4v) is 2.58. The van der Waals surface area contributed by atoms with Gasteiger partial charge in [-0.1, -0.05) is 0 Å². The summed E-state index contributed by atoms with van der Waals surface area (Å²) < 4.78 is 2.62. The van der Waals surface area contributed by atoms with Crippen LogP contribution in [0, 0.1) is 0 Å². The molecule has 10 heavy (non-hydrogen) atoms. The summed E-state index contributed by atoms with van der Waals surface area (Å²) in [5.74, 6) is 0. The van der Waals surface area contributed by atoms with Crippen molar-refractivity contribution >= 4 is 41.2 Å². The quantitative estimate of drug-likeness (QED) is 0.583. The Kier molecular flexibility index (Phi) is 1.53. The van der Waals surface area contributed by atoms with Crippen molar-refractivity contribution in [1.29, 1.82) is 0 Å². The van der Waals surface area contributed by atoms with Gasteiger partial charge in [-0.15, -0.1) is 0 Å². The van der Waals surface area contributed by atoms with E-state index in [0.717, 1.165) is 0 Å². The first-order chi connectivity index (χ1) is 4.86. The van der Waals surface area contributed by atoms with E-state index in [9.17, 15) is 0 Å². The van der Waals surface area contributed by atoms with Crippen molar-refractivity contribution in [2.24, 2.45) is 0 Å². The van der Waals surface area contributed by atoms with Gasteiger partial charge in [0.1, 0.15) is 0 Å². The molecule has 0 N–H and O–H groups in total. The van der Waals surface area contributed by atoms with Crippen molar-refractivity contribution in [3.63, 3.8) is 0 Å². The summed E-state index contributed by atoms with van der Waals surface area (Å²) in [6, 6.07) is 10.6. The molecular weight excluding hydrogens is 207 g/mol. The molecule has 0 amide bonds. The topological polar surface area (TPSA) is 0 Å². The molecule has 0 atom stereocenters. The SMILES string of the molecule is [Se]c1cc2ccccc2s1. The van der Waals surface area contributed by atoms with Crippen LogP contribution in [0.15, 0.2) is 30.3 Å². The number of thiophene rings is 1. The van der Waals surface area contributed by atoms with Crippen LogP contribution in [-0.4, -0.2) is 16.0 Å². The molecule has 0 saturated heterocycles. The van der Waals surface area contributed by atoms with Crippen LogP contribution in [0.1, 0.15) is 0 Å². The molecule has 0 aliphatic rings. The summed E-state index contributed by atoms with van der Waals surface area (Å²) in [5.41, 5.74) is 0. The maximum atomic E-state index is 3.01. The van der Waals surface area contributed by atoms with Gasteiger partial charge in [-0.05, 0) is 0 Å². The van der Waals surface area contributed by atoms with Gasteiger partial charge in [0, 0.05) is 0 Å². The Bertz CT molecular complexity index is 318. The zero-order chi connectivity index (χ0) is 6.97. The Hall–Kier alpha value is -0.301. The van der Waals surface area contributed by atoms with Gasteiger partial charge in [0.25, 0.3) is 0 Å². The number of rotatable bonds is 0.